The van der Waals surface area contributed by atoms with Crippen molar-refractivity contribution in [3.8, 4) is 0 Å². The Bertz CT molecular complexity index is 529. The first-order valence-corrected chi connectivity index (χ1v) is 8.21. The lowest BCUT2D eigenvalue weighted by Gasteiger charge is -2.41. The van der Waals surface area contributed by atoms with E-state index >= 15 is 0 Å². The van der Waals surface area contributed by atoms with Gasteiger partial charge in [-0.05, 0) is 30.7 Å². The van der Waals surface area contributed by atoms with Gasteiger partial charge in [0.25, 0.3) is 0 Å². The molecule has 4 heteroatoms. The Hall–Kier alpha value is -1.84. The van der Waals surface area contributed by atoms with Crippen molar-refractivity contribution < 1.29 is 9.59 Å². The van der Waals surface area contributed by atoms with Gasteiger partial charge in [-0.3, -0.25) is 9.59 Å². The van der Waals surface area contributed by atoms with Crippen LogP contribution in [0.5, 0.6) is 0 Å². The van der Waals surface area contributed by atoms with Crippen molar-refractivity contribution in [3.63, 3.8) is 0 Å². The van der Waals surface area contributed by atoms with Gasteiger partial charge in [0.2, 0.25) is 11.8 Å². The van der Waals surface area contributed by atoms with Gasteiger partial charge in [0.15, 0.2) is 0 Å². The van der Waals surface area contributed by atoms with Crippen molar-refractivity contribution in [1.29, 1.82) is 0 Å². The number of piperidine rings is 1. The van der Waals surface area contributed by atoms with Gasteiger partial charge >= 0.3 is 0 Å². The van der Waals surface area contributed by atoms with E-state index in [4.69, 9.17) is 0 Å². The third-order valence-corrected chi connectivity index (χ3v) is 4.97. The average molecular weight is 300 g/mol. The second-order valence-electron chi connectivity index (χ2n) is 6.58. The maximum Gasteiger partial charge on any atom is 0.229 e. The number of nitrogens with zero attached hydrogens (tertiary/aromatic N) is 2. The SMILES string of the molecule is CC(=O)N1CC(C(=O)N2CCC(Cc3ccccc3)CC2)C1. The summed E-state index contributed by atoms with van der Waals surface area (Å²) >= 11 is 0. The van der Waals surface area contributed by atoms with Gasteiger partial charge in [-0.15, -0.1) is 0 Å². The van der Waals surface area contributed by atoms with Crippen molar-refractivity contribution in [2.45, 2.75) is 26.2 Å². The summed E-state index contributed by atoms with van der Waals surface area (Å²) in [6.07, 6.45) is 3.29. The lowest BCUT2D eigenvalue weighted by molar-refractivity contribution is -0.148. The molecule has 1 aromatic carbocycles. The molecule has 0 radical (unpaired) electrons. The van der Waals surface area contributed by atoms with E-state index in [0.717, 1.165) is 32.4 Å². The molecule has 0 bridgehead atoms. The average Bonchev–Trinajstić information content (AvgIpc) is 2.47. The highest BCUT2D eigenvalue weighted by Gasteiger charge is 2.37. The van der Waals surface area contributed by atoms with Gasteiger partial charge in [0, 0.05) is 33.1 Å². The fourth-order valence-electron chi connectivity index (χ4n) is 3.45. The quantitative estimate of drug-likeness (QED) is 0.856. The highest BCUT2D eigenvalue weighted by molar-refractivity contribution is 5.83. The van der Waals surface area contributed by atoms with Crippen LogP contribution >= 0.6 is 0 Å². The summed E-state index contributed by atoms with van der Waals surface area (Å²) in [6, 6.07) is 10.6. The molecular formula is C18H24N2O2. The molecule has 0 aromatic heterocycles. The number of rotatable bonds is 3. The Morgan fingerprint density at radius 2 is 1.68 bits per heavy atom. The maximum absolute atomic E-state index is 12.4. The molecule has 4 nitrogen and oxygen atoms in total. The molecule has 0 atom stereocenters. The van der Waals surface area contributed by atoms with E-state index in [0.29, 0.717) is 19.0 Å². The monoisotopic (exact) mass is 300 g/mol. The van der Waals surface area contributed by atoms with Crippen LogP contribution in [-0.2, 0) is 16.0 Å². The lowest BCUT2D eigenvalue weighted by atomic mass is 9.89. The predicted molar refractivity (Wildman–Crippen MR) is 85.2 cm³/mol. The standard InChI is InChI=1S/C18H24N2O2/c1-14(21)20-12-17(13-20)18(22)19-9-7-16(8-10-19)11-15-5-3-2-4-6-15/h2-6,16-17H,7-13H2,1H3. The molecule has 0 saturated carbocycles. The van der Waals surface area contributed by atoms with Crippen LogP contribution in [0.25, 0.3) is 0 Å². The van der Waals surface area contributed by atoms with Crippen LogP contribution in [0.4, 0.5) is 0 Å². The zero-order chi connectivity index (χ0) is 15.5. The molecule has 2 saturated heterocycles. The van der Waals surface area contributed by atoms with Crippen LogP contribution in [0.2, 0.25) is 0 Å². The highest BCUT2D eigenvalue weighted by Crippen LogP contribution is 2.25. The van der Waals surface area contributed by atoms with Crippen molar-refractivity contribution in [2.24, 2.45) is 11.8 Å². The Kier molecular flexibility index (Phi) is 4.46. The molecule has 2 amide bonds. The van der Waals surface area contributed by atoms with Crippen LogP contribution in [0.3, 0.4) is 0 Å². The normalized spacial score (nSPS) is 19.9. The van der Waals surface area contributed by atoms with Gasteiger partial charge in [-0.2, -0.15) is 0 Å². The van der Waals surface area contributed by atoms with Crippen LogP contribution in [0.1, 0.15) is 25.3 Å². The smallest absolute Gasteiger partial charge is 0.229 e. The van der Waals surface area contributed by atoms with Gasteiger partial charge < -0.3 is 9.80 Å². The molecule has 0 aliphatic carbocycles. The number of likely N-dealkylation sites (tertiary alicyclic amines) is 2. The van der Waals surface area contributed by atoms with Crippen molar-refractivity contribution in [1.82, 2.24) is 9.80 Å². The molecule has 0 spiro atoms. The van der Waals surface area contributed by atoms with Crippen LogP contribution in [0, 0.1) is 11.8 Å². The topological polar surface area (TPSA) is 40.6 Å². The van der Waals surface area contributed by atoms with E-state index in [1.807, 2.05) is 11.0 Å². The number of amides is 2. The minimum atomic E-state index is 0.0366. The minimum absolute atomic E-state index is 0.0366. The molecule has 2 aliphatic rings. The van der Waals surface area contributed by atoms with E-state index in [1.165, 1.54) is 5.56 Å². The minimum Gasteiger partial charge on any atom is -0.342 e. The van der Waals surface area contributed by atoms with Gasteiger partial charge in [0.05, 0.1) is 5.92 Å². The zero-order valence-corrected chi connectivity index (χ0v) is 13.2. The summed E-state index contributed by atoms with van der Waals surface area (Å²) in [5.41, 5.74) is 1.39. The van der Waals surface area contributed by atoms with Crippen LogP contribution in [-0.4, -0.2) is 47.8 Å². The Labute approximate surface area is 132 Å². The van der Waals surface area contributed by atoms with Crippen LogP contribution < -0.4 is 0 Å². The number of hydrogen-bond acceptors (Lipinski definition) is 2. The summed E-state index contributed by atoms with van der Waals surface area (Å²) in [7, 11) is 0. The first kappa shape index (κ1) is 15.1. The Morgan fingerprint density at radius 1 is 1.05 bits per heavy atom. The second-order valence-corrected chi connectivity index (χ2v) is 6.58. The number of benzene rings is 1. The maximum atomic E-state index is 12.4. The summed E-state index contributed by atoms with van der Waals surface area (Å²) < 4.78 is 0. The summed E-state index contributed by atoms with van der Waals surface area (Å²) in [6.45, 7) is 4.52. The zero-order valence-electron chi connectivity index (χ0n) is 13.2. The van der Waals surface area contributed by atoms with E-state index in [-0.39, 0.29) is 17.7 Å². The molecule has 2 heterocycles. The highest BCUT2D eigenvalue weighted by atomic mass is 16.2. The van der Waals surface area contributed by atoms with Crippen molar-refractivity contribution in [2.75, 3.05) is 26.2 Å². The van der Waals surface area contributed by atoms with E-state index in [9.17, 15) is 9.59 Å². The Balaban J connectivity index is 1.44. The van der Waals surface area contributed by atoms with Crippen molar-refractivity contribution in [3.05, 3.63) is 35.9 Å². The first-order valence-electron chi connectivity index (χ1n) is 8.21. The summed E-state index contributed by atoms with van der Waals surface area (Å²) in [5, 5.41) is 0. The molecule has 118 valence electrons. The molecule has 0 unspecified atom stereocenters. The summed E-state index contributed by atoms with van der Waals surface area (Å²) in [4.78, 5) is 27.3. The molecule has 1 aromatic rings. The fourth-order valence-corrected chi connectivity index (χ4v) is 3.45. The Morgan fingerprint density at radius 3 is 2.27 bits per heavy atom. The second kappa shape index (κ2) is 6.51. The first-order chi connectivity index (χ1) is 10.6. The third kappa shape index (κ3) is 3.32. The van der Waals surface area contributed by atoms with E-state index in [1.54, 1.807) is 11.8 Å². The third-order valence-electron chi connectivity index (χ3n) is 4.97. The molecule has 2 aliphatic heterocycles. The summed E-state index contributed by atoms with van der Waals surface area (Å²) in [5.74, 6) is 1.04. The van der Waals surface area contributed by atoms with Gasteiger partial charge in [0.1, 0.15) is 0 Å². The molecule has 0 N–H and O–H groups in total. The number of carbonyl (C=O) groups excluding carboxylic acids is 2. The number of carbonyl (C=O) groups is 2. The van der Waals surface area contributed by atoms with Crippen molar-refractivity contribution >= 4 is 11.8 Å². The predicted octanol–water partition coefficient (Wildman–Crippen LogP) is 1.95. The van der Waals surface area contributed by atoms with Gasteiger partial charge in [-0.25, -0.2) is 0 Å². The molecule has 2 fully saturated rings. The van der Waals surface area contributed by atoms with Gasteiger partial charge in [-0.1, -0.05) is 30.3 Å². The fraction of sp³-hybridized carbons (Fsp3) is 0.556. The molecular weight excluding hydrogens is 276 g/mol. The largest absolute Gasteiger partial charge is 0.342 e. The van der Waals surface area contributed by atoms with E-state index in [2.05, 4.69) is 24.3 Å². The van der Waals surface area contributed by atoms with E-state index < -0.39 is 0 Å². The molecule has 3 rings (SSSR count). The number of hydrogen-bond donors (Lipinski definition) is 0. The lowest BCUT2D eigenvalue weighted by Crippen LogP contribution is -2.56. The van der Waals surface area contributed by atoms with Crippen LogP contribution in [0.15, 0.2) is 30.3 Å². The molecule has 22 heavy (non-hydrogen) atoms.